The third-order valence-corrected chi connectivity index (χ3v) is 4.32. The second kappa shape index (κ2) is 6.24. The van der Waals surface area contributed by atoms with E-state index in [-0.39, 0.29) is 5.56 Å². The van der Waals surface area contributed by atoms with Crippen LogP contribution in [-0.4, -0.2) is 29.1 Å². The molecular formula is C15H23NO3. The zero-order valence-electron chi connectivity index (χ0n) is 11.8. The third-order valence-electron chi connectivity index (χ3n) is 4.32. The van der Waals surface area contributed by atoms with Crippen molar-refractivity contribution in [2.45, 2.75) is 51.6 Å². The van der Waals surface area contributed by atoms with Crippen LogP contribution in [0.4, 0.5) is 0 Å². The van der Waals surface area contributed by atoms with E-state index in [9.17, 15) is 4.79 Å². The van der Waals surface area contributed by atoms with E-state index in [1.165, 1.54) is 38.4 Å². The highest BCUT2D eigenvalue weighted by molar-refractivity contribution is 5.87. The molecule has 1 fully saturated rings. The van der Waals surface area contributed by atoms with E-state index in [0.29, 0.717) is 12.6 Å². The van der Waals surface area contributed by atoms with Gasteiger partial charge in [0.25, 0.3) is 0 Å². The fourth-order valence-corrected chi connectivity index (χ4v) is 2.94. The maximum Gasteiger partial charge on any atom is 0.338 e. The molecule has 0 atom stereocenters. The van der Waals surface area contributed by atoms with Gasteiger partial charge in [-0.25, -0.2) is 4.79 Å². The Morgan fingerprint density at radius 1 is 1.42 bits per heavy atom. The number of carboxylic acid groups (broad SMARTS) is 1. The van der Waals surface area contributed by atoms with Crippen molar-refractivity contribution in [3.05, 3.63) is 23.7 Å². The zero-order chi connectivity index (χ0) is 13.8. The van der Waals surface area contributed by atoms with E-state index in [1.807, 2.05) is 0 Å². The normalized spacial score (nSPS) is 23.7. The number of aromatic carboxylic acids is 1. The Bertz CT molecular complexity index is 419. The van der Waals surface area contributed by atoms with Crippen LogP contribution in [0, 0.1) is 5.92 Å². The molecule has 0 amide bonds. The SMILES string of the molecule is CCC1CCC(N(C)Cc2cc(C(=O)O)co2)CC1. The Balaban J connectivity index is 1.86. The van der Waals surface area contributed by atoms with E-state index in [0.717, 1.165) is 11.7 Å². The van der Waals surface area contributed by atoms with Crippen LogP contribution in [0.25, 0.3) is 0 Å². The molecule has 1 aliphatic rings. The Labute approximate surface area is 114 Å². The molecule has 0 bridgehead atoms. The first-order valence-corrected chi connectivity index (χ1v) is 7.11. The third kappa shape index (κ3) is 3.60. The predicted octanol–water partition coefficient (Wildman–Crippen LogP) is 3.38. The largest absolute Gasteiger partial charge is 0.478 e. The van der Waals surface area contributed by atoms with E-state index < -0.39 is 5.97 Å². The lowest BCUT2D eigenvalue weighted by molar-refractivity contribution is 0.0696. The standard InChI is InChI=1S/C15H23NO3/c1-3-11-4-6-13(7-5-11)16(2)9-14-8-12(10-19-14)15(17)18/h8,10-11,13H,3-7,9H2,1-2H3,(H,17,18). The number of hydrogen-bond donors (Lipinski definition) is 1. The quantitative estimate of drug-likeness (QED) is 0.886. The molecule has 1 N–H and O–H groups in total. The maximum atomic E-state index is 10.8. The van der Waals surface area contributed by atoms with Gasteiger partial charge in [-0.2, -0.15) is 0 Å². The van der Waals surface area contributed by atoms with Crippen LogP contribution in [0.5, 0.6) is 0 Å². The van der Waals surface area contributed by atoms with Crippen molar-refractivity contribution >= 4 is 5.97 Å². The molecule has 1 saturated carbocycles. The number of carboxylic acids is 1. The second-order valence-electron chi connectivity index (χ2n) is 5.60. The minimum Gasteiger partial charge on any atom is -0.478 e. The fourth-order valence-electron chi connectivity index (χ4n) is 2.94. The molecule has 0 saturated heterocycles. The van der Waals surface area contributed by atoms with Gasteiger partial charge in [-0.3, -0.25) is 4.90 Å². The summed E-state index contributed by atoms with van der Waals surface area (Å²) in [6.45, 7) is 2.96. The summed E-state index contributed by atoms with van der Waals surface area (Å²) in [4.78, 5) is 13.1. The van der Waals surface area contributed by atoms with Crippen molar-refractivity contribution in [3.8, 4) is 0 Å². The molecule has 0 spiro atoms. The predicted molar refractivity (Wildman–Crippen MR) is 73.2 cm³/mol. The fraction of sp³-hybridized carbons (Fsp3) is 0.667. The summed E-state index contributed by atoms with van der Waals surface area (Å²) in [5.74, 6) is 0.700. The minimum atomic E-state index is -0.930. The molecule has 4 heteroatoms. The maximum absolute atomic E-state index is 10.8. The summed E-state index contributed by atoms with van der Waals surface area (Å²) in [6.07, 6.45) is 7.70. The minimum absolute atomic E-state index is 0.234. The lowest BCUT2D eigenvalue weighted by Gasteiger charge is -2.34. The highest BCUT2D eigenvalue weighted by Gasteiger charge is 2.23. The van der Waals surface area contributed by atoms with Gasteiger partial charge in [0.15, 0.2) is 0 Å². The number of nitrogens with zero attached hydrogens (tertiary/aromatic N) is 1. The van der Waals surface area contributed by atoms with Gasteiger partial charge in [0.05, 0.1) is 12.1 Å². The summed E-state index contributed by atoms with van der Waals surface area (Å²) in [5.41, 5.74) is 0.234. The lowest BCUT2D eigenvalue weighted by atomic mass is 9.84. The summed E-state index contributed by atoms with van der Waals surface area (Å²) < 4.78 is 5.31. The lowest BCUT2D eigenvalue weighted by Crippen LogP contribution is -2.34. The summed E-state index contributed by atoms with van der Waals surface area (Å²) in [7, 11) is 2.10. The highest BCUT2D eigenvalue weighted by atomic mass is 16.4. The number of carbonyl (C=O) groups is 1. The Morgan fingerprint density at radius 2 is 2.11 bits per heavy atom. The topological polar surface area (TPSA) is 53.7 Å². The molecule has 106 valence electrons. The Kier molecular flexibility index (Phi) is 4.64. The van der Waals surface area contributed by atoms with E-state index in [2.05, 4.69) is 18.9 Å². The molecule has 19 heavy (non-hydrogen) atoms. The van der Waals surface area contributed by atoms with Gasteiger partial charge in [-0.05, 0) is 44.7 Å². The molecule has 1 aliphatic carbocycles. The molecule has 1 aromatic rings. The summed E-state index contributed by atoms with van der Waals surface area (Å²) >= 11 is 0. The first kappa shape index (κ1) is 14.1. The summed E-state index contributed by atoms with van der Waals surface area (Å²) in [6, 6.07) is 2.22. The van der Waals surface area contributed by atoms with Crippen LogP contribution in [0.2, 0.25) is 0 Å². The van der Waals surface area contributed by atoms with Crippen LogP contribution in [0.15, 0.2) is 16.7 Å². The van der Waals surface area contributed by atoms with E-state index in [1.54, 1.807) is 6.07 Å². The molecule has 4 nitrogen and oxygen atoms in total. The molecule has 1 heterocycles. The van der Waals surface area contributed by atoms with Gasteiger partial charge >= 0.3 is 5.97 Å². The van der Waals surface area contributed by atoms with Crippen LogP contribution in [0.3, 0.4) is 0 Å². The zero-order valence-corrected chi connectivity index (χ0v) is 11.8. The van der Waals surface area contributed by atoms with Crippen molar-refractivity contribution in [2.24, 2.45) is 5.92 Å². The molecule has 0 aromatic carbocycles. The van der Waals surface area contributed by atoms with E-state index in [4.69, 9.17) is 9.52 Å². The van der Waals surface area contributed by atoms with Gasteiger partial charge in [0, 0.05) is 6.04 Å². The van der Waals surface area contributed by atoms with Crippen molar-refractivity contribution in [2.75, 3.05) is 7.05 Å². The number of rotatable bonds is 5. The molecule has 1 aromatic heterocycles. The Hall–Kier alpha value is -1.29. The van der Waals surface area contributed by atoms with Gasteiger partial charge in [0.1, 0.15) is 12.0 Å². The highest BCUT2D eigenvalue weighted by Crippen LogP contribution is 2.29. The van der Waals surface area contributed by atoms with Crippen LogP contribution in [0.1, 0.15) is 55.1 Å². The van der Waals surface area contributed by atoms with Crippen LogP contribution >= 0.6 is 0 Å². The van der Waals surface area contributed by atoms with Gasteiger partial charge in [-0.1, -0.05) is 13.3 Å². The summed E-state index contributed by atoms with van der Waals surface area (Å²) in [5, 5.41) is 8.86. The molecule has 2 rings (SSSR count). The first-order valence-electron chi connectivity index (χ1n) is 7.11. The first-order chi connectivity index (χ1) is 9.10. The number of furan rings is 1. The molecule has 0 unspecified atom stereocenters. The van der Waals surface area contributed by atoms with Gasteiger partial charge < -0.3 is 9.52 Å². The van der Waals surface area contributed by atoms with Crippen molar-refractivity contribution in [1.82, 2.24) is 4.90 Å². The average Bonchev–Trinajstić information content (AvgIpc) is 2.87. The number of hydrogen-bond acceptors (Lipinski definition) is 3. The van der Waals surface area contributed by atoms with E-state index >= 15 is 0 Å². The van der Waals surface area contributed by atoms with Crippen molar-refractivity contribution in [1.29, 1.82) is 0 Å². The molecular weight excluding hydrogens is 242 g/mol. The average molecular weight is 265 g/mol. The second-order valence-corrected chi connectivity index (χ2v) is 5.60. The van der Waals surface area contributed by atoms with Crippen molar-refractivity contribution in [3.63, 3.8) is 0 Å². The van der Waals surface area contributed by atoms with Crippen LogP contribution < -0.4 is 0 Å². The van der Waals surface area contributed by atoms with Crippen molar-refractivity contribution < 1.29 is 14.3 Å². The monoisotopic (exact) mass is 265 g/mol. The van der Waals surface area contributed by atoms with Gasteiger partial charge in [0.2, 0.25) is 0 Å². The molecule has 0 radical (unpaired) electrons. The molecule has 0 aliphatic heterocycles. The Morgan fingerprint density at radius 3 is 2.63 bits per heavy atom. The smallest absolute Gasteiger partial charge is 0.338 e. The van der Waals surface area contributed by atoms with Gasteiger partial charge in [-0.15, -0.1) is 0 Å². The van der Waals surface area contributed by atoms with Crippen LogP contribution in [-0.2, 0) is 6.54 Å².